The molecule has 0 aliphatic carbocycles. The van der Waals surface area contributed by atoms with Crippen LogP contribution < -0.4 is 10.0 Å². The fourth-order valence-electron chi connectivity index (χ4n) is 3.45. The predicted octanol–water partition coefficient (Wildman–Crippen LogP) is 3.11. The summed E-state index contributed by atoms with van der Waals surface area (Å²) in [4.78, 5) is 33.5. The van der Waals surface area contributed by atoms with Gasteiger partial charge in [-0.25, -0.2) is 27.9 Å². The summed E-state index contributed by atoms with van der Waals surface area (Å²) in [5, 5.41) is 6.93. The van der Waals surface area contributed by atoms with E-state index in [0.29, 0.717) is 16.9 Å². The third-order valence-electron chi connectivity index (χ3n) is 5.00. The van der Waals surface area contributed by atoms with Crippen molar-refractivity contribution in [2.45, 2.75) is 11.8 Å². The minimum absolute atomic E-state index is 0.0364. The molecule has 0 saturated carbocycles. The molecule has 0 aliphatic rings. The molecular weight excluding hydrogens is 484 g/mol. The Bertz CT molecular complexity index is 1490. The Kier molecular flexibility index (Phi) is 7.06. The Balaban J connectivity index is 1.60. The second-order valence-electron chi connectivity index (χ2n) is 7.44. The number of amides is 1. The van der Waals surface area contributed by atoms with Crippen LogP contribution in [0, 0.1) is 0 Å². The number of aromatic nitrogens is 4. The van der Waals surface area contributed by atoms with Crippen molar-refractivity contribution in [3.8, 4) is 11.3 Å². The van der Waals surface area contributed by atoms with Gasteiger partial charge in [0.15, 0.2) is 5.69 Å². The number of aryl methyl sites for hydroxylation is 1. The maximum atomic E-state index is 13.1. The van der Waals surface area contributed by atoms with Crippen molar-refractivity contribution in [3.05, 3.63) is 84.3 Å². The highest BCUT2D eigenvalue weighted by Gasteiger charge is 2.29. The highest BCUT2D eigenvalue weighted by molar-refractivity contribution is 7.92. The van der Waals surface area contributed by atoms with Gasteiger partial charge in [0.05, 0.1) is 17.2 Å². The van der Waals surface area contributed by atoms with Crippen molar-refractivity contribution < 1.29 is 22.7 Å². The molecule has 0 fully saturated rings. The summed E-state index contributed by atoms with van der Waals surface area (Å²) in [6.07, 6.45) is 2.82. The van der Waals surface area contributed by atoms with Crippen molar-refractivity contribution in [2.24, 2.45) is 7.05 Å². The monoisotopic (exact) mass is 506 g/mol. The molecule has 11 nitrogen and oxygen atoms in total. The number of carbonyl (C=O) groups is 2. The van der Waals surface area contributed by atoms with Crippen LogP contribution in [0.1, 0.15) is 27.8 Å². The van der Waals surface area contributed by atoms with Crippen molar-refractivity contribution in [1.29, 1.82) is 0 Å². The number of carbonyl (C=O) groups excluding carboxylic acids is 2. The van der Waals surface area contributed by atoms with Gasteiger partial charge in [-0.05, 0) is 37.3 Å². The maximum Gasteiger partial charge on any atom is 0.342 e. The molecular formula is C24H22N6O5S. The van der Waals surface area contributed by atoms with Gasteiger partial charge < -0.3 is 10.1 Å². The zero-order chi connectivity index (χ0) is 25.7. The van der Waals surface area contributed by atoms with E-state index >= 15 is 0 Å². The van der Waals surface area contributed by atoms with Crippen LogP contribution in [0.15, 0.2) is 78.0 Å². The summed E-state index contributed by atoms with van der Waals surface area (Å²) >= 11 is 0. The van der Waals surface area contributed by atoms with E-state index in [0.717, 1.165) is 0 Å². The third kappa shape index (κ3) is 5.23. The SMILES string of the molecule is CCOC(=O)c1c(C(=O)Nc2ccc(S(=O)(=O)Nc3ncccn3)cc2)nn(C)c1-c1ccccc1. The van der Waals surface area contributed by atoms with Crippen LogP contribution in [0.3, 0.4) is 0 Å². The summed E-state index contributed by atoms with van der Waals surface area (Å²) < 4.78 is 34.1. The summed E-state index contributed by atoms with van der Waals surface area (Å²) in [6.45, 7) is 1.80. The van der Waals surface area contributed by atoms with Gasteiger partial charge in [-0.3, -0.25) is 9.48 Å². The first-order valence-corrected chi connectivity index (χ1v) is 12.3. The molecule has 0 bridgehead atoms. The Morgan fingerprint density at radius 2 is 1.64 bits per heavy atom. The molecule has 0 saturated heterocycles. The second-order valence-corrected chi connectivity index (χ2v) is 9.12. The van der Waals surface area contributed by atoms with Gasteiger partial charge in [-0.15, -0.1) is 0 Å². The lowest BCUT2D eigenvalue weighted by Crippen LogP contribution is -2.18. The summed E-state index contributed by atoms with van der Waals surface area (Å²) in [6, 6.07) is 16.1. The summed E-state index contributed by atoms with van der Waals surface area (Å²) in [7, 11) is -2.30. The molecule has 4 aromatic rings. The number of nitrogens with one attached hydrogen (secondary N) is 2. The van der Waals surface area contributed by atoms with E-state index in [1.165, 1.54) is 41.3 Å². The molecule has 0 radical (unpaired) electrons. The fourth-order valence-corrected chi connectivity index (χ4v) is 4.40. The first-order valence-electron chi connectivity index (χ1n) is 10.8. The van der Waals surface area contributed by atoms with E-state index in [1.807, 2.05) is 18.2 Å². The molecule has 4 rings (SSSR count). The highest BCUT2D eigenvalue weighted by atomic mass is 32.2. The van der Waals surface area contributed by atoms with Crippen molar-refractivity contribution >= 4 is 33.5 Å². The van der Waals surface area contributed by atoms with Gasteiger partial charge in [-0.2, -0.15) is 5.10 Å². The van der Waals surface area contributed by atoms with Gasteiger partial charge in [0.2, 0.25) is 5.95 Å². The number of anilines is 2. The molecule has 184 valence electrons. The predicted molar refractivity (Wildman–Crippen MR) is 132 cm³/mol. The van der Waals surface area contributed by atoms with Crippen LogP contribution in [-0.2, 0) is 21.8 Å². The lowest BCUT2D eigenvalue weighted by Gasteiger charge is -2.09. The van der Waals surface area contributed by atoms with Crippen LogP contribution in [0.4, 0.5) is 11.6 Å². The van der Waals surface area contributed by atoms with Crippen LogP contribution >= 0.6 is 0 Å². The van der Waals surface area contributed by atoms with Gasteiger partial charge >= 0.3 is 5.97 Å². The Labute approximate surface area is 207 Å². The number of ether oxygens (including phenoxy) is 1. The normalized spacial score (nSPS) is 11.1. The van der Waals surface area contributed by atoms with Gasteiger partial charge in [0.25, 0.3) is 15.9 Å². The van der Waals surface area contributed by atoms with Crippen LogP contribution in [0.5, 0.6) is 0 Å². The summed E-state index contributed by atoms with van der Waals surface area (Å²) in [5.41, 5.74) is 1.36. The Morgan fingerprint density at radius 3 is 2.28 bits per heavy atom. The lowest BCUT2D eigenvalue weighted by atomic mass is 10.1. The zero-order valence-corrected chi connectivity index (χ0v) is 20.2. The number of benzene rings is 2. The number of hydrogen-bond acceptors (Lipinski definition) is 8. The Hall–Kier alpha value is -4.58. The van der Waals surface area contributed by atoms with E-state index in [-0.39, 0.29) is 28.7 Å². The average molecular weight is 507 g/mol. The molecule has 12 heteroatoms. The molecule has 2 heterocycles. The number of nitrogens with zero attached hydrogens (tertiary/aromatic N) is 4. The molecule has 2 aromatic heterocycles. The minimum atomic E-state index is -3.93. The van der Waals surface area contributed by atoms with E-state index < -0.39 is 21.9 Å². The maximum absolute atomic E-state index is 13.1. The molecule has 2 N–H and O–H groups in total. The van der Waals surface area contributed by atoms with Gasteiger partial charge in [-0.1, -0.05) is 30.3 Å². The topological polar surface area (TPSA) is 145 Å². The molecule has 2 aromatic carbocycles. The second kappa shape index (κ2) is 10.4. The molecule has 1 amide bonds. The molecule has 36 heavy (non-hydrogen) atoms. The van der Waals surface area contributed by atoms with Crippen LogP contribution in [-0.4, -0.2) is 46.6 Å². The van der Waals surface area contributed by atoms with Crippen LogP contribution in [0.25, 0.3) is 11.3 Å². The third-order valence-corrected chi connectivity index (χ3v) is 6.35. The van der Waals surface area contributed by atoms with Crippen molar-refractivity contribution in [1.82, 2.24) is 19.7 Å². The van der Waals surface area contributed by atoms with E-state index in [2.05, 4.69) is 25.1 Å². The summed E-state index contributed by atoms with van der Waals surface area (Å²) in [5.74, 6) is -1.39. The van der Waals surface area contributed by atoms with Crippen molar-refractivity contribution in [2.75, 3.05) is 16.6 Å². The molecule has 0 atom stereocenters. The number of esters is 1. The first-order chi connectivity index (χ1) is 17.3. The highest BCUT2D eigenvalue weighted by Crippen LogP contribution is 2.27. The number of sulfonamides is 1. The number of rotatable bonds is 8. The van der Waals surface area contributed by atoms with Crippen LogP contribution in [0.2, 0.25) is 0 Å². The quantitative estimate of drug-likeness (QED) is 0.347. The molecule has 0 spiro atoms. The zero-order valence-electron chi connectivity index (χ0n) is 19.4. The Morgan fingerprint density at radius 1 is 0.972 bits per heavy atom. The van der Waals surface area contributed by atoms with E-state index in [9.17, 15) is 18.0 Å². The van der Waals surface area contributed by atoms with Gasteiger partial charge in [0, 0.05) is 30.7 Å². The largest absolute Gasteiger partial charge is 0.462 e. The standard InChI is InChI=1S/C24H22N6O5S/c1-3-35-23(32)19-20(28-30(2)21(19)16-8-5-4-6-9-16)22(31)27-17-10-12-18(13-11-17)36(33,34)29-24-25-14-7-15-26-24/h4-15H,3H2,1-2H3,(H,27,31)(H,25,26,29). The molecule has 0 unspecified atom stereocenters. The minimum Gasteiger partial charge on any atom is -0.462 e. The first kappa shape index (κ1) is 24.5. The van der Waals surface area contributed by atoms with Crippen molar-refractivity contribution in [3.63, 3.8) is 0 Å². The smallest absolute Gasteiger partial charge is 0.342 e. The fraction of sp³-hybridized carbons (Fsp3) is 0.125. The lowest BCUT2D eigenvalue weighted by molar-refractivity contribution is 0.0524. The average Bonchev–Trinajstić information content (AvgIpc) is 3.23. The van der Waals surface area contributed by atoms with Gasteiger partial charge in [0.1, 0.15) is 5.56 Å². The number of hydrogen-bond donors (Lipinski definition) is 2. The van der Waals surface area contributed by atoms with E-state index in [1.54, 1.807) is 32.2 Å². The van der Waals surface area contributed by atoms with E-state index in [4.69, 9.17) is 4.74 Å². The molecule has 0 aliphatic heterocycles.